The lowest BCUT2D eigenvalue weighted by molar-refractivity contribution is -0.121. The number of aromatic amines is 1. The number of carbonyl (C=O) groups is 3. The Morgan fingerprint density at radius 2 is 1.64 bits per heavy atom. The number of pyridine rings is 1. The van der Waals surface area contributed by atoms with Crippen molar-refractivity contribution < 1.29 is 19.1 Å². The molecule has 5 rings (SSSR count). The molecule has 0 atom stereocenters. The average molecular weight is 587 g/mol. The summed E-state index contributed by atoms with van der Waals surface area (Å²) in [4.78, 5) is 45.3. The van der Waals surface area contributed by atoms with Crippen LogP contribution in [-0.4, -0.2) is 47.8 Å². The van der Waals surface area contributed by atoms with Gasteiger partial charge in [0.05, 0.1) is 12.8 Å². The van der Waals surface area contributed by atoms with Crippen LogP contribution in [0.2, 0.25) is 0 Å². The SMILES string of the molecule is COc1ccc(C(=O)/C=C/C(=O)NCCNC(=O)CCc2c(-c3ccc(C)cc3-c3ccccc3)[nH]c3ncccc23)cc1. The predicted molar refractivity (Wildman–Crippen MR) is 173 cm³/mol. The normalized spacial score (nSPS) is 11.0. The van der Waals surface area contributed by atoms with Crippen molar-refractivity contribution in [3.05, 3.63) is 120 Å². The highest BCUT2D eigenvalue weighted by Gasteiger charge is 2.18. The highest BCUT2D eigenvalue weighted by atomic mass is 16.5. The van der Waals surface area contributed by atoms with Gasteiger partial charge in [0.2, 0.25) is 11.8 Å². The second kappa shape index (κ2) is 14.1. The van der Waals surface area contributed by atoms with Crippen molar-refractivity contribution in [2.24, 2.45) is 0 Å². The lowest BCUT2D eigenvalue weighted by atomic mass is 9.93. The first-order chi connectivity index (χ1) is 21.4. The maximum atomic E-state index is 12.8. The van der Waals surface area contributed by atoms with Gasteiger partial charge in [-0.05, 0) is 72.5 Å². The number of aromatic nitrogens is 2. The van der Waals surface area contributed by atoms with Gasteiger partial charge in [-0.25, -0.2) is 4.98 Å². The molecule has 5 aromatic rings. The van der Waals surface area contributed by atoms with Crippen LogP contribution in [0.4, 0.5) is 0 Å². The molecule has 3 N–H and O–H groups in total. The highest BCUT2D eigenvalue weighted by molar-refractivity contribution is 6.07. The summed E-state index contributed by atoms with van der Waals surface area (Å²) in [6, 6.07) is 27.2. The fourth-order valence-corrected chi connectivity index (χ4v) is 5.08. The van der Waals surface area contributed by atoms with Crippen LogP contribution in [0.5, 0.6) is 5.75 Å². The Labute approximate surface area is 256 Å². The fraction of sp³-hybridized carbons (Fsp3) is 0.167. The Bertz CT molecular complexity index is 1810. The van der Waals surface area contributed by atoms with E-state index in [1.807, 2.05) is 30.3 Å². The molecule has 0 saturated heterocycles. The van der Waals surface area contributed by atoms with Crippen molar-refractivity contribution in [3.8, 4) is 28.1 Å². The monoisotopic (exact) mass is 586 g/mol. The van der Waals surface area contributed by atoms with Gasteiger partial charge in [0.1, 0.15) is 11.4 Å². The van der Waals surface area contributed by atoms with Crippen LogP contribution in [0.25, 0.3) is 33.4 Å². The molecule has 0 aliphatic rings. The van der Waals surface area contributed by atoms with E-state index in [1.54, 1.807) is 37.6 Å². The zero-order chi connectivity index (χ0) is 30.9. The van der Waals surface area contributed by atoms with Crippen LogP contribution in [0.3, 0.4) is 0 Å². The number of amides is 2. The molecule has 0 aliphatic heterocycles. The molecule has 222 valence electrons. The van der Waals surface area contributed by atoms with Gasteiger partial charge in [0.15, 0.2) is 5.78 Å². The Morgan fingerprint density at radius 3 is 2.41 bits per heavy atom. The maximum absolute atomic E-state index is 12.8. The standard InChI is InChI=1S/C36H34N4O4/c1-24-10-15-29(31(23-24)25-7-4-3-5-8-25)35-28(30-9-6-20-39-36(30)40-35)16-18-33(42)37-21-22-38-34(43)19-17-32(41)26-11-13-27(44-2)14-12-26/h3-15,17,19-20,23H,16,18,21-22H2,1-2H3,(H,37,42)(H,38,43)(H,39,40)/b19-17+. The third-order valence-electron chi connectivity index (χ3n) is 7.32. The van der Waals surface area contributed by atoms with E-state index in [4.69, 9.17) is 4.74 Å². The Morgan fingerprint density at radius 1 is 0.864 bits per heavy atom. The molecule has 0 fully saturated rings. The van der Waals surface area contributed by atoms with Crippen molar-refractivity contribution in [2.75, 3.05) is 20.2 Å². The van der Waals surface area contributed by atoms with E-state index in [0.29, 0.717) is 17.7 Å². The summed E-state index contributed by atoms with van der Waals surface area (Å²) >= 11 is 0. The first-order valence-electron chi connectivity index (χ1n) is 14.5. The quantitative estimate of drug-likeness (QED) is 0.0969. The summed E-state index contributed by atoms with van der Waals surface area (Å²) in [6.07, 6.45) is 4.95. The molecule has 0 bridgehead atoms. The number of H-pyrrole nitrogens is 1. The number of rotatable bonds is 12. The number of hydrogen-bond acceptors (Lipinski definition) is 5. The number of benzene rings is 3. The second-order valence-corrected chi connectivity index (χ2v) is 10.4. The number of methoxy groups -OCH3 is 1. The molecule has 2 amide bonds. The Kier molecular flexibility index (Phi) is 9.61. The van der Waals surface area contributed by atoms with Crippen molar-refractivity contribution in [1.29, 1.82) is 0 Å². The Balaban J connectivity index is 1.19. The summed E-state index contributed by atoms with van der Waals surface area (Å²) < 4.78 is 5.09. The molecule has 0 saturated carbocycles. The molecular formula is C36H34N4O4. The minimum absolute atomic E-state index is 0.124. The molecule has 44 heavy (non-hydrogen) atoms. The maximum Gasteiger partial charge on any atom is 0.244 e. The van der Waals surface area contributed by atoms with Gasteiger partial charge in [-0.15, -0.1) is 0 Å². The summed E-state index contributed by atoms with van der Waals surface area (Å²) in [6.45, 7) is 2.58. The van der Waals surface area contributed by atoms with Crippen molar-refractivity contribution in [1.82, 2.24) is 20.6 Å². The predicted octanol–water partition coefficient (Wildman–Crippen LogP) is 5.82. The number of aryl methyl sites for hydroxylation is 2. The molecule has 2 aromatic heterocycles. The minimum atomic E-state index is -0.413. The smallest absolute Gasteiger partial charge is 0.244 e. The van der Waals surface area contributed by atoms with Gasteiger partial charge in [-0.3, -0.25) is 14.4 Å². The third kappa shape index (κ3) is 7.28. The first-order valence-corrected chi connectivity index (χ1v) is 14.5. The van der Waals surface area contributed by atoms with E-state index in [1.165, 1.54) is 12.2 Å². The molecule has 0 aliphatic carbocycles. The molecule has 2 heterocycles. The number of nitrogens with one attached hydrogen (secondary N) is 3. The average Bonchev–Trinajstić information content (AvgIpc) is 3.43. The highest BCUT2D eigenvalue weighted by Crippen LogP contribution is 2.37. The van der Waals surface area contributed by atoms with E-state index in [0.717, 1.165) is 44.5 Å². The van der Waals surface area contributed by atoms with Gasteiger partial charge in [-0.1, -0.05) is 54.1 Å². The molecule has 0 spiro atoms. The van der Waals surface area contributed by atoms with Crippen molar-refractivity contribution in [3.63, 3.8) is 0 Å². The van der Waals surface area contributed by atoms with Crippen LogP contribution in [0, 0.1) is 6.92 Å². The van der Waals surface area contributed by atoms with Gasteiger partial charge >= 0.3 is 0 Å². The molecule has 0 radical (unpaired) electrons. The van der Waals surface area contributed by atoms with Gasteiger partial charge in [0.25, 0.3) is 0 Å². The number of nitrogens with zero attached hydrogens (tertiary/aromatic N) is 1. The Hall–Kier alpha value is -5.50. The van der Waals surface area contributed by atoms with Crippen molar-refractivity contribution >= 4 is 28.6 Å². The summed E-state index contributed by atoms with van der Waals surface area (Å²) in [5.74, 6) is -0.178. The fourth-order valence-electron chi connectivity index (χ4n) is 5.08. The number of allylic oxidation sites excluding steroid dienone is 1. The topological polar surface area (TPSA) is 113 Å². The molecule has 8 nitrogen and oxygen atoms in total. The lowest BCUT2D eigenvalue weighted by Gasteiger charge is -2.13. The van der Waals surface area contributed by atoms with E-state index in [9.17, 15) is 14.4 Å². The number of hydrogen-bond donors (Lipinski definition) is 3. The largest absolute Gasteiger partial charge is 0.497 e. The zero-order valence-corrected chi connectivity index (χ0v) is 24.7. The number of carbonyl (C=O) groups excluding carboxylic acids is 3. The van der Waals surface area contributed by atoms with Crippen LogP contribution in [0.1, 0.15) is 27.9 Å². The van der Waals surface area contributed by atoms with Gasteiger partial charge in [-0.2, -0.15) is 0 Å². The van der Waals surface area contributed by atoms with Crippen LogP contribution < -0.4 is 15.4 Å². The number of ketones is 1. The molecular weight excluding hydrogens is 552 g/mol. The third-order valence-corrected chi connectivity index (χ3v) is 7.32. The van der Waals surface area contributed by atoms with E-state index < -0.39 is 5.91 Å². The van der Waals surface area contributed by atoms with Gasteiger partial charge in [0, 0.05) is 48.3 Å². The molecule has 8 heteroatoms. The summed E-state index contributed by atoms with van der Waals surface area (Å²) in [5, 5.41) is 6.54. The number of ether oxygens (including phenoxy) is 1. The van der Waals surface area contributed by atoms with E-state index in [-0.39, 0.29) is 31.2 Å². The first kappa shape index (κ1) is 30.0. The second-order valence-electron chi connectivity index (χ2n) is 10.4. The van der Waals surface area contributed by atoms with Gasteiger partial charge < -0.3 is 20.4 Å². The number of fused-ring (bicyclic) bond motifs is 1. The van der Waals surface area contributed by atoms with E-state index >= 15 is 0 Å². The summed E-state index contributed by atoms with van der Waals surface area (Å²) in [7, 11) is 1.55. The zero-order valence-electron chi connectivity index (χ0n) is 24.7. The van der Waals surface area contributed by atoms with Crippen molar-refractivity contribution in [2.45, 2.75) is 19.8 Å². The lowest BCUT2D eigenvalue weighted by Crippen LogP contribution is -2.34. The van der Waals surface area contributed by atoms with Crippen LogP contribution in [-0.2, 0) is 16.0 Å². The van der Waals surface area contributed by atoms with E-state index in [2.05, 4.69) is 57.9 Å². The summed E-state index contributed by atoms with van der Waals surface area (Å²) in [5.41, 5.74) is 7.65. The van der Waals surface area contributed by atoms with Crippen LogP contribution in [0.15, 0.2) is 103 Å². The molecule has 3 aromatic carbocycles. The van der Waals surface area contributed by atoms with Crippen LogP contribution >= 0.6 is 0 Å². The minimum Gasteiger partial charge on any atom is -0.497 e. The molecule has 0 unspecified atom stereocenters.